The van der Waals surface area contributed by atoms with Crippen LogP contribution in [0.15, 0.2) is 12.7 Å². The summed E-state index contributed by atoms with van der Waals surface area (Å²) in [7, 11) is 3.35. The Morgan fingerprint density at radius 2 is 2.10 bits per heavy atom. The molecule has 10 nitrogen and oxygen atoms in total. The van der Waals surface area contributed by atoms with E-state index in [-0.39, 0.29) is 23.4 Å². The van der Waals surface area contributed by atoms with Crippen molar-refractivity contribution in [1.29, 1.82) is 0 Å². The fraction of sp³-hybridized carbons (Fsp3) is 0.400. The Morgan fingerprint density at radius 3 is 2.65 bits per heavy atom. The van der Waals surface area contributed by atoms with Crippen molar-refractivity contribution in [2.45, 2.75) is 13.0 Å². The van der Waals surface area contributed by atoms with E-state index in [1.807, 2.05) is 6.92 Å². The number of anilines is 2. The molecule has 2 rings (SSSR count). The van der Waals surface area contributed by atoms with Crippen LogP contribution in [0.5, 0.6) is 0 Å². The van der Waals surface area contributed by atoms with Gasteiger partial charge in [0, 0.05) is 14.1 Å². The Hall–Kier alpha value is -2.78. The maximum Gasteiger partial charge on any atom is 0.353 e. The van der Waals surface area contributed by atoms with Gasteiger partial charge in [-0.1, -0.05) is 0 Å². The van der Waals surface area contributed by atoms with Crippen LogP contribution in [0.4, 0.5) is 17.3 Å². The molecule has 0 spiro atoms. The average molecular weight is 278 g/mol. The van der Waals surface area contributed by atoms with E-state index >= 15 is 0 Å². The molecule has 0 radical (unpaired) electrons. The molecule has 10 heteroatoms. The van der Waals surface area contributed by atoms with Crippen LogP contribution in [-0.4, -0.2) is 36.7 Å². The van der Waals surface area contributed by atoms with Crippen LogP contribution in [0.3, 0.4) is 0 Å². The van der Waals surface area contributed by atoms with E-state index in [1.165, 1.54) is 6.33 Å². The quantitative estimate of drug-likeness (QED) is 0.605. The lowest BCUT2D eigenvalue weighted by Gasteiger charge is -2.14. The minimum absolute atomic E-state index is 0.129. The number of nitrogens with zero attached hydrogens (tertiary/aromatic N) is 6. The van der Waals surface area contributed by atoms with Gasteiger partial charge in [0.05, 0.1) is 11.0 Å². The van der Waals surface area contributed by atoms with Gasteiger partial charge in [-0.2, -0.15) is 0 Å². The van der Waals surface area contributed by atoms with Crippen molar-refractivity contribution in [3.63, 3.8) is 0 Å². The van der Waals surface area contributed by atoms with E-state index in [2.05, 4.69) is 30.8 Å². The summed E-state index contributed by atoms with van der Waals surface area (Å²) in [5.74, 6) is 0.923. The fourth-order valence-electron chi connectivity index (χ4n) is 1.79. The maximum atomic E-state index is 11.1. The van der Waals surface area contributed by atoms with Gasteiger partial charge < -0.3 is 15.2 Å². The molecule has 106 valence electrons. The first kappa shape index (κ1) is 13.6. The Balaban J connectivity index is 2.34. The largest absolute Gasteiger partial charge is 0.367 e. The number of rotatable bonds is 5. The highest BCUT2D eigenvalue weighted by Crippen LogP contribution is 2.30. The molecule has 0 aromatic carbocycles. The molecular formula is C10H14N8O2. The van der Waals surface area contributed by atoms with Crippen molar-refractivity contribution in [1.82, 2.24) is 24.7 Å². The molecule has 2 aromatic rings. The highest BCUT2D eigenvalue weighted by Gasteiger charge is 2.24. The first-order valence-corrected chi connectivity index (χ1v) is 5.82. The molecule has 2 aromatic heterocycles. The van der Waals surface area contributed by atoms with Crippen molar-refractivity contribution in [2.24, 2.45) is 7.05 Å². The number of hydrogen-bond donors (Lipinski definition) is 2. The normalized spacial score (nSPS) is 11.9. The second kappa shape index (κ2) is 5.47. The third kappa shape index (κ3) is 2.48. The van der Waals surface area contributed by atoms with Gasteiger partial charge in [0.1, 0.15) is 12.7 Å². The summed E-state index contributed by atoms with van der Waals surface area (Å²) in [6, 6.07) is -0.291. The fourth-order valence-corrected chi connectivity index (χ4v) is 1.79. The van der Waals surface area contributed by atoms with Crippen LogP contribution < -0.4 is 10.6 Å². The van der Waals surface area contributed by atoms with Crippen molar-refractivity contribution < 1.29 is 4.92 Å². The molecule has 0 aliphatic rings. The minimum Gasteiger partial charge on any atom is -0.367 e. The molecular weight excluding hydrogens is 264 g/mol. The molecule has 20 heavy (non-hydrogen) atoms. The molecule has 2 heterocycles. The van der Waals surface area contributed by atoms with E-state index < -0.39 is 4.92 Å². The van der Waals surface area contributed by atoms with Crippen molar-refractivity contribution >= 4 is 17.3 Å². The van der Waals surface area contributed by atoms with Gasteiger partial charge in [-0.05, 0) is 6.92 Å². The summed E-state index contributed by atoms with van der Waals surface area (Å²) in [6.45, 7) is 1.81. The summed E-state index contributed by atoms with van der Waals surface area (Å²) < 4.78 is 1.73. The molecule has 1 unspecified atom stereocenters. The molecule has 0 fully saturated rings. The zero-order valence-corrected chi connectivity index (χ0v) is 11.2. The number of aromatic nitrogens is 5. The Kier molecular flexibility index (Phi) is 3.73. The van der Waals surface area contributed by atoms with Gasteiger partial charge in [-0.25, -0.2) is 9.97 Å². The molecule has 0 bridgehead atoms. The van der Waals surface area contributed by atoms with E-state index in [1.54, 1.807) is 25.0 Å². The lowest BCUT2D eigenvalue weighted by Crippen LogP contribution is -2.15. The lowest BCUT2D eigenvalue weighted by molar-refractivity contribution is -0.383. The van der Waals surface area contributed by atoms with E-state index in [0.717, 1.165) is 0 Å². The first-order valence-electron chi connectivity index (χ1n) is 5.82. The topological polar surface area (TPSA) is 124 Å². The van der Waals surface area contributed by atoms with Crippen LogP contribution in [0.25, 0.3) is 0 Å². The molecule has 0 aliphatic carbocycles. The molecule has 0 saturated carbocycles. The lowest BCUT2D eigenvalue weighted by atomic mass is 10.3. The smallest absolute Gasteiger partial charge is 0.353 e. The second-order valence-electron chi connectivity index (χ2n) is 4.09. The number of nitro groups is 1. The first-order chi connectivity index (χ1) is 9.54. The Morgan fingerprint density at radius 1 is 1.40 bits per heavy atom. The average Bonchev–Trinajstić information content (AvgIpc) is 2.84. The Labute approximate surface area is 114 Å². The predicted octanol–water partition coefficient (Wildman–Crippen LogP) is 0.728. The summed E-state index contributed by atoms with van der Waals surface area (Å²) in [5, 5.41) is 24.5. The zero-order chi connectivity index (χ0) is 14.7. The summed E-state index contributed by atoms with van der Waals surface area (Å²) in [5.41, 5.74) is -0.205. The van der Waals surface area contributed by atoms with Crippen molar-refractivity contribution in [2.75, 3.05) is 17.7 Å². The van der Waals surface area contributed by atoms with Gasteiger partial charge in [-0.15, -0.1) is 10.2 Å². The second-order valence-corrected chi connectivity index (χ2v) is 4.09. The monoisotopic (exact) mass is 278 g/mol. The van der Waals surface area contributed by atoms with Crippen molar-refractivity contribution in [3.8, 4) is 0 Å². The molecule has 0 saturated heterocycles. The summed E-state index contributed by atoms with van der Waals surface area (Å²) >= 11 is 0. The van der Waals surface area contributed by atoms with Crippen LogP contribution in [0.2, 0.25) is 0 Å². The van der Waals surface area contributed by atoms with Crippen LogP contribution >= 0.6 is 0 Å². The maximum absolute atomic E-state index is 11.1. The van der Waals surface area contributed by atoms with E-state index in [4.69, 9.17) is 0 Å². The minimum atomic E-state index is -0.530. The van der Waals surface area contributed by atoms with Gasteiger partial charge in [0.15, 0.2) is 5.82 Å². The zero-order valence-electron chi connectivity index (χ0n) is 11.2. The van der Waals surface area contributed by atoms with Gasteiger partial charge >= 0.3 is 5.69 Å². The third-order valence-electron chi connectivity index (χ3n) is 2.73. The van der Waals surface area contributed by atoms with Crippen molar-refractivity contribution in [3.05, 3.63) is 28.6 Å². The van der Waals surface area contributed by atoms with Crippen LogP contribution in [-0.2, 0) is 7.05 Å². The molecule has 2 N–H and O–H groups in total. The molecule has 1 atom stereocenters. The molecule has 0 amide bonds. The van der Waals surface area contributed by atoms with Gasteiger partial charge in [0.25, 0.3) is 0 Å². The number of aryl methyl sites for hydroxylation is 1. The predicted molar refractivity (Wildman–Crippen MR) is 71.3 cm³/mol. The Bertz CT molecular complexity index is 625. The standard InChI is InChI=1S/C10H14N8O2/c1-6(10-16-14-5-17(10)3)15-9-7(18(19)20)8(11-2)12-4-13-9/h4-6H,1-3H3,(H2,11,12,13,15). The highest BCUT2D eigenvalue weighted by atomic mass is 16.6. The van der Waals surface area contributed by atoms with Gasteiger partial charge in [-0.3, -0.25) is 10.1 Å². The van der Waals surface area contributed by atoms with Crippen LogP contribution in [0.1, 0.15) is 18.8 Å². The number of hydrogen-bond acceptors (Lipinski definition) is 8. The number of nitrogens with one attached hydrogen (secondary N) is 2. The van der Waals surface area contributed by atoms with Crippen LogP contribution in [0, 0.1) is 10.1 Å². The third-order valence-corrected chi connectivity index (χ3v) is 2.73. The van der Waals surface area contributed by atoms with Gasteiger partial charge in [0.2, 0.25) is 11.6 Å². The SMILES string of the molecule is CNc1ncnc(NC(C)c2nncn2C)c1[N+](=O)[O-]. The highest BCUT2D eigenvalue weighted by molar-refractivity contribution is 5.69. The molecule has 0 aliphatic heterocycles. The summed E-state index contributed by atoms with van der Waals surface area (Å²) in [4.78, 5) is 18.4. The summed E-state index contributed by atoms with van der Waals surface area (Å²) in [6.07, 6.45) is 2.81. The van der Waals surface area contributed by atoms with E-state index in [9.17, 15) is 10.1 Å². The van der Waals surface area contributed by atoms with E-state index in [0.29, 0.717) is 5.82 Å².